The number of aromatic nitrogens is 2. The van der Waals surface area contributed by atoms with Crippen molar-refractivity contribution in [2.75, 3.05) is 12.8 Å². The number of imidazole rings is 1. The third-order valence-corrected chi connectivity index (χ3v) is 2.94. The zero-order valence-electron chi connectivity index (χ0n) is 10.7. The summed E-state index contributed by atoms with van der Waals surface area (Å²) in [4.78, 5) is 16.1. The number of hydrogen-bond donors (Lipinski definition) is 2. The lowest BCUT2D eigenvalue weighted by molar-refractivity contribution is -0.121. The summed E-state index contributed by atoms with van der Waals surface area (Å²) in [6.07, 6.45) is 1.82. The van der Waals surface area contributed by atoms with Crippen LogP contribution in [0, 0.1) is 0 Å². The van der Waals surface area contributed by atoms with E-state index in [4.69, 9.17) is 5.73 Å². The molecular formula is C13H18N4O. The van der Waals surface area contributed by atoms with Gasteiger partial charge in [0.2, 0.25) is 5.91 Å². The van der Waals surface area contributed by atoms with Crippen molar-refractivity contribution in [2.45, 2.75) is 26.3 Å². The summed E-state index contributed by atoms with van der Waals surface area (Å²) < 4.78 is 1.94. The highest BCUT2D eigenvalue weighted by Crippen LogP contribution is 2.22. The van der Waals surface area contributed by atoms with E-state index in [0.717, 1.165) is 29.7 Å². The number of nitrogens with one attached hydrogen (secondary N) is 1. The molecule has 1 aromatic carbocycles. The quantitative estimate of drug-likeness (QED) is 0.799. The van der Waals surface area contributed by atoms with Crippen LogP contribution in [-0.4, -0.2) is 22.5 Å². The first kappa shape index (κ1) is 12.4. The van der Waals surface area contributed by atoms with Crippen molar-refractivity contribution in [2.24, 2.45) is 0 Å². The number of hydrogen-bond acceptors (Lipinski definition) is 3. The molecule has 2 rings (SSSR count). The van der Waals surface area contributed by atoms with Crippen LogP contribution in [0.3, 0.4) is 0 Å². The van der Waals surface area contributed by atoms with Crippen molar-refractivity contribution in [3.05, 3.63) is 24.0 Å². The number of carbonyl (C=O) groups is 1. The van der Waals surface area contributed by atoms with Gasteiger partial charge < -0.3 is 15.6 Å². The third-order valence-electron chi connectivity index (χ3n) is 2.94. The molecule has 0 aliphatic heterocycles. The third kappa shape index (κ3) is 2.16. The van der Waals surface area contributed by atoms with Gasteiger partial charge in [-0.15, -0.1) is 0 Å². The molecule has 0 atom stereocenters. The first-order chi connectivity index (χ1) is 8.67. The Kier molecular flexibility index (Phi) is 3.50. The molecule has 0 aliphatic rings. The summed E-state index contributed by atoms with van der Waals surface area (Å²) in [5, 5.41) is 2.63. The molecule has 0 saturated heterocycles. The van der Waals surface area contributed by atoms with Gasteiger partial charge in [-0.2, -0.15) is 0 Å². The monoisotopic (exact) mass is 246 g/mol. The maximum Gasteiger partial charge on any atom is 0.239 e. The molecule has 3 N–H and O–H groups in total. The molecule has 0 aliphatic carbocycles. The smallest absolute Gasteiger partial charge is 0.239 e. The SMILES string of the molecule is CCCc1nc2c(N)cccc2n1CC(=O)NC. The van der Waals surface area contributed by atoms with E-state index < -0.39 is 0 Å². The van der Waals surface area contributed by atoms with Gasteiger partial charge in [0.15, 0.2) is 0 Å². The lowest BCUT2D eigenvalue weighted by Crippen LogP contribution is -2.24. The Morgan fingerprint density at radius 3 is 2.94 bits per heavy atom. The second-order valence-electron chi connectivity index (χ2n) is 4.25. The standard InChI is InChI=1S/C13H18N4O/c1-3-5-11-16-13-9(14)6-4-7-10(13)17(11)8-12(18)15-2/h4,6-7H,3,5,8,14H2,1-2H3,(H,15,18). The fourth-order valence-corrected chi connectivity index (χ4v) is 2.03. The summed E-state index contributed by atoms with van der Waals surface area (Å²) in [5.41, 5.74) is 8.28. The van der Waals surface area contributed by atoms with Gasteiger partial charge in [0, 0.05) is 13.5 Å². The molecule has 2 aromatic rings. The molecule has 0 saturated carbocycles. The van der Waals surface area contributed by atoms with Crippen LogP contribution in [0.2, 0.25) is 0 Å². The number of amides is 1. The fraction of sp³-hybridized carbons (Fsp3) is 0.385. The van der Waals surface area contributed by atoms with Crippen molar-refractivity contribution in [3.63, 3.8) is 0 Å². The maximum atomic E-state index is 11.6. The minimum Gasteiger partial charge on any atom is -0.397 e. The highest BCUT2D eigenvalue weighted by molar-refractivity contribution is 5.89. The molecule has 0 unspecified atom stereocenters. The summed E-state index contributed by atoms with van der Waals surface area (Å²) >= 11 is 0. The number of nitrogens with zero attached hydrogens (tertiary/aromatic N) is 2. The van der Waals surface area contributed by atoms with Gasteiger partial charge in [-0.05, 0) is 18.6 Å². The lowest BCUT2D eigenvalue weighted by Gasteiger charge is -2.07. The van der Waals surface area contributed by atoms with Gasteiger partial charge in [-0.25, -0.2) is 4.98 Å². The number of nitrogen functional groups attached to an aromatic ring is 1. The van der Waals surface area contributed by atoms with Crippen LogP contribution >= 0.6 is 0 Å². The summed E-state index contributed by atoms with van der Waals surface area (Å²) in [7, 11) is 1.63. The highest BCUT2D eigenvalue weighted by Gasteiger charge is 2.13. The van der Waals surface area contributed by atoms with Crippen LogP contribution in [-0.2, 0) is 17.8 Å². The van der Waals surface area contributed by atoms with Crippen LogP contribution in [0.4, 0.5) is 5.69 Å². The lowest BCUT2D eigenvalue weighted by atomic mass is 10.2. The molecule has 0 radical (unpaired) electrons. The highest BCUT2D eigenvalue weighted by atomic mass is 16.1. The van der Waals surface area contributed by atoms with Gasteiger partial charge in [0.05, 0.1) is 11.2 Å². The number of anilines is 1. The number of fused-ring (bicyclic) bond motifs is 1. The average molecular weight is 246 g/mol. The van der Waals surface area contributed by atoms with Crippen LogP contribution in [0.1, 0.15) is 19.2 Å². The average Bonchev–Trinajstić information content (AvgIpc) is 2.70. The van der Waals surface area contributed by atoms with E-state index in [2.05, 4.69) is 17.2 Å². The Hall–Kier alpha value is -2.04. The van der Waals surface area contributed by atoms with Crippen LogP contribution in [0.15, 0.2) is 18.2 Å². The van der Waals surface area contributed by atoms with Gasteiger partial charge in [-0.1, -0.05) is 13.0 Å². The van der Waals surface area contributed by atoms with Gasteiger partial charge in [-0.3, -0.25) is 4.79 Å². The molecule has 1 heterocycles. The Morgan fingerprint density at radius 2 is 2.28 bits per heavy atom. The number of carbonyl (C=O) groups excluding carboxylic acids is 1. The molecule has 96 valence electrons. The number of benzene rings is 1. The van der Waals surface area contributed by atoms with Crippen molar-refractivity contribution in [1.82, 2.24) is 14.9 Å². The summed E-state index contributed by atoms with van der Waals surface area (Å²) in [6.45, 7) is 2.37. The predicted molar refractivity (Wildman–Crippen MR) is 72.2 cm³/mol. The zero-order valence-corrected chi connectivity index (χ0v) is 10.7. The maximum absolute atomic E-state index is 11.6. The number of rotatable bonds is 4. The van der Waals surface area contributed by atoms with E-state index in [1.807, 2.05) is 22.8 Å². The van der Waals surface area contributed by atoms with E-state index in [1.165, 1.54) is 0 Å². The van der Waals surface area contributed by atoms with Crippen LogP contribution in [0.25, 0.3) is 11.0 Å². The normalized spacial score (nSPS) is 10.8. The number of para-hydroxylation sites is 1. The molecule has 1 amide bonds. The Balaban J connectivity index is 2.55. The molecule has 18 heavy (non-hydrogen) atoms. The van der Waals surface area contributed by atoms with Crippen molar-refractivity contribution < 1.29 is 4.79 Å². The Morgan fingerprint density at radius 1 is 1.50 bits per heavy atom. The first-order valence-electron chi connectivity index (χ1n) is 6.11. The largest absolute Gasteiger partial charge is 0.397 e. The van der Waals surface area contributed by atoms with E-state index >= 15 is 0 Å². The van der Waals surface area contributed by atoms with E-state index in [1.54, 1.807) is 7.05 Å². The van der Waals surface area contributed by atoms with Gasteiger partial charge in [0.1, 0.15) is 17.9 Å². The second kappa shape index (κ2) is 5.08. The summed E-state index contributed by atoms with van der Waals surface area (Å²) in [6, 6.07) is 5.66. The molecule has 5 nitrogen and oxygen atoms in total. The first-order valence-corrected chi connectivity index (χ1v) is 6.11. The number of aryl methyl sites for hydroxylation is 1. The molecule has 0 bridgehead atoms. The van der Waals surface area contributed by atoms with Crippen molar-refractivity contribution in [3.8, 4) is 0 Å². The predicted octanol–water partition coefficient (Wildman–Crippen LogP) is 1.32. The summed E-state index contributed by atoms with van der Waals surface area (Å²) in [5.74, 6) is 0.878. The fourth-order valence-electron chi connectivity index (χ4n) is 2.03. The van der Waals surface area contributed by atoms with Crippen molar-refractivity contribution >= 4 is 22.6 Å². The van der Waals surface area contributed by atoms with Crippen LogP contribution in [0.5, 0.6) is 0 Å². The Bertz CT molecular complexity index is 574. The molecule has 5 heteroatoms. The molecular weight excluding hydrogens is 228 g/mol. The Labute approximate surface area is 106 Å². The minimum absolute atomic E-state index is 0.0333. The van der Waals surface area contributed by atoms with Gasteiger partial charge in [0.25, 0.3) is 0 Å². The number of nitrogens with two attached hydrogens (primary N) is 1. The van der Waals surface area contributed by atoms with E-state index in [0.29, 0.717) is 5.69 Å². The van der Waals surface area contributed by atoms with E-state index in [-0.39, 0.29) is 12.5 Å². The van der Waals surface area contributed by atoms with Gasteiger partial charge >= 0.3 is 0 Å². The topological polar surface area (TPSA) is 72.9 Å². The molecule has 0 fully saturated rings. The molecule has 1 aromatic heterocycles. The molecule has 0 spiro atoms. The zero-order chi connectivity index (χ0) is 13.1. The number of likely N-dealkylation sites (N-methyl/N-ethyl adjacent to an activating group) is 1. The van der Waals surface area contributed by atoms with Crippen molar-refractivity contribution in [1.29, 1.82) is 0 Å². The minimum atomic E-state index is -0.0333. The second-order valence-corrected chi connectivity index (χ2v) is 4.25. The van der Waals surface area contributed by atoms with E-state index in [9.17, 15) is 4.79 Å². The van der Waals surface area contributed by atoms with Crippen LogP contribution < -0.4 is 11.1 Å².